The van der Waals surface area contributed by atoms with E-state index >= 15 is 0 Å². The number of aryl methyl sites for hydroxylation is 1. The Bertz CT molecular complexity index is 368. The first-order valence-electron chi connectivity index (χ1n) is 6.36. The summed E-state index contributed by atoms with van der Waals surface area (Å²) in [5, 5.41) is 8.19. The maximum Gasteiger partial charge on any atom is 0.299 e. The van der Waals surface area contributed by atoms with Crippen molar-refractivity contribution in [2.45, 2.75) is 26.8 Å². The lowest BCUT2D eigenvalue weighted by Gasteiger charge is -2.03. The predicted molar refractivity (Wildman–Crippen MR) is 75.9 cm³/mol. The van der Waals surface area contributed by atoms with E-state index in [1.165, 1.54) is 36.3 Å². The molecule has 2 rings (SSSR count). The van der Waals surface area contributed by atoms with Gasteiger partial charge >= 0.3 is 0 Å². The molecule has 0 atom stereocenters. The fraction of sp³-hybridized carbons (Fsp3) is 0.500. The van der Waals surface area contributed by atoms with Crippen molar-refractivity contribution in [3.05, 3.63) is 35.4 Å². The first kappa shape index (κ1) is 14.9. The van der Waals surface area contributed by atoms with Gasteiger partial charge in [-0.1, -0.05) is 38.1 Å². The molecule has 0 saturated carbocycles. The highest BCUT2D eigenvalue weighted by atomic mass is 32.2. The van der Waals surface area contributed by atoms with E-state index in [9.17, 15) is 0 Å². The van der Waals surface area contributed by atoms with Crippen molar-refractivity contribution >= 4 is 12.0 Å². The predicted octanol–water partition coefficient (Wildman–Crippen LogP) is 3.22. The minimum Gasteiger partial charge on any atom is -0.352 e. The van der Waals surface area contributed by atoms with Gasteiger partial charge in [-0.3, -0.25) is 4.90 Å². The lowest BCUT2D eigenvalue weighted by Crippen LogP contribution is -1.97. The van der Waals surface area contributed by atoms with Gasteiger partial charge in [-0.15, -0.1) is 5.26 Å². The number of rotatable bonds is 6. The van der Waals surface area contributed by atoms with Crippen LogP contribution in [0, 0.1) is 11.5 Å². The smallest absolute Gasteiger partial charge is 0.299 e. The zero-order chi connectivity index (χ0) is 13.2. The topological polar surface area (TPSA) is 36.0 Å². The summed E-state index contributed by atoms with van der Waals surface area (Å²) in [5.74, 6) is 0.818. The molecule has 0 bridgehead atoms. The molecular formula is C14H20N2OS. The normalized spacial score (nSPS) is 13.2. The van der Waals surface area contributed by atoms with E-state index in [-0.39, 0.29) is 0 Å². The van der Waals surface area contributed by atoms with Gasteiger partial charge < -0.3 is 4.18 Å². The van der Waals surface area contributed by atoms with Crippen molar-refractivity contribution in [1.82, 2.24) is 4.90 Å². The van der Waals surface area contributed by atoms with Gasteiger partial charge in [0.2, 0.25) is 0 Å². The molecule has 1 saturated heterocycles. The Kier molecular flexibility index (Phi) is 7.31. The summed E-state index contributed by atoms with van der Waals surface area (Å²) in [7, 11) is 0. The van der Waals surface area contributed by atoms with Crippen molar-refractivity contribution in [2.75, 3.05) is 18.8 Å². The summed E-state index contributed by atoms with van der Waals surface area (Å²) in [6.07, 6.45) is 2.59. The van der Waals surface area contributed by atoms with Crippen LogP contribution in [0.25, 0.3) is 0 Å². The van der Waals surface area contributed by atoms with Crippen molar-refractivity contribution in [3.63, 3.8) is 0 Å². The summed E-state index contributed by atoms with van der Waals surface area (Å²) >= 11 is 1.20. The lowest BCUT2D eigenvalue weighted by molar-refractivity contribution is 0.556. The summed E-state index contributed by atoms with van der Waals surface area (Å²) in [5.41, 5.74) is 2.67. The maximum absolute atomic E-state index is 8.19. The van der Waals surface area contributed by atoms with E-state index in [0.29, 0.717) is 0 Å². The molecule has 0 amide bonds. The monoisotopic (exact) mass is 264 g/mol. The minimum absolute atomic E-state index is 0.818. The Morgan fingerprint density at radius 3 is 2.39 bits per heavy atom. The molecule has 1 heterocycles. The van der Waals surface area contributed by atoms with E-state index in [1.807, 2.05) is 13.8 Å². The molecule has 0 aromatic heterocycles. The third-order valence-corrected chi connectivity index (χ3v) is 3.10. The van der Waals surface area contributed by atoms with Gasteiger partial charge in [-0.25, -0.2) is 0 Å². The molecule has 3 nitrogen and oxygen atoms in total. The van der Waals surface area contributed by atoms with Gasteiger partial charge in [0.05, 0.1) is 12.0 Å². The Hall–Kier alpha value is -1.18. The summed E-state index contributed by atoms with van der Waals surface area (Å²) < 4.78 is 4.56. The molecule has 1 aromatic carbocycles. The molecule has 0 spiro atoms. The Labute approximate surface area is 114 Å². The molecule has 1 aromatic rings. The average Bonchev–Trinajstić information content (AvgIpc) is 3.23. The molecule has 0 aliphatic carbocycles. The van der Waals surface area contributed by atoms with E-state index in [0.717, 1.165) is 18.7 Å². The molecule has 0 unspecified atom stereocenters. The number of nitriles is 1. The van der Waals surface area contributed by atoms with Crippen LogP contribution in [0.2, 0.25) is 0 Å². The molecule has 4 heteroatoms. The molecule has 1 aliphatic rings. The van der Waals surface area contributed by atoms with Crippen LogP contribution in [0.15, 0.2) is 24.3 Å². The lowest BCUT2D eigenvalue weighted by atomic mass is 10.1. The molecule has 1 aliphatic heterocycles. The van der Waals surface area contributed by atoms with E-state index in [2.05, 4.69) is 33.3 Å². The third-order valence-electron chi connectivity index (χ3n) is 2.54. The van der Waals surface area contributed by atoms with Crippen molar-refractivity contribution in [1.29, 1.82) is 5.26 Å². The van der Waals surface area contributed by atoms with Gasteiger partial charge in [0, 0.05) is 25.4 Å². The van der Waals surface area contributed by atoms with Gasteiger partial charge in [0.15, 0.2) is 0 Å². The quantitative estimate of drug-likeness (QED) is 0.342. The van der Waals surface area contributed by atoms with Crippen LogP contribution in [-0.4, -0.2) is 23.7 Å². The van der Waals surface area contributed by atoms with Gasteiger partial charge in [-0.05, 0) is 17.5 Å². The van der Waals surface area contributed by atoms with E-state index in [1.54, 1.807) is 6.26 Å². The van der Waals surface area contributed by atoms with Crippen molar-refractivity contribution in [2.24, 2.45) is 0 Å². The molecule has 1 fully saturated rings. The second-order valence-electron chi connectivity index (χ2n) is 3.84. The van der Waals surface area contributed by atoms with Crippen LogP contribution >= 0.6 is 12.0 Å². The van der Waals surface area contributed by atoms with Crippen molar-refractivity contribution < 1.29 is 4.18 Å². The first-order chi connectivity index (χ1) is 8.88. The number of benzene rings is 1. The van der Waals surface area contributed by atoms with E-state index in [4.69, 9.17) is 5.26 Å². The van der Waals surface area contributed by atoms with Crippen LogP contribution in [0.1, 0.15) is 25.0 Å². The van der Waals surface area contributed by atoms with E-state index < -0.39 is 0 Å². The zero-order valence-electron chi connectivity index (χ0n) is 11.1. The second kappa shape index (κ2) is 8.84. The first-order valence-corrected chi connectivity index (χ1v) is 7.27. The molecular weight excluding hydrogens is 244 g/mol. The van der Waals surface area contributed by atoms with Crippen LogP contribution in [0.3, 0.4) is 0 Å². The zero-order valence-corrected chi connectivity index (χ0v) is 11.9. The van der Waals surface area contributed by atoms with Gasteiger partial charge in [0.25, 0.3) is 6.26 Å². The highest BCUT2D eigenvalue weighted by Crippen LogP contribution is 2.14. The Morgan fingerprint density at radius 1 is 1.22 bits per heavy atom. The number of hydrogen-bond donors (Lipinski definition) is 0. The number of hydrogen-bond acceptors (Lipinski definition) is 4. The SMILES string of the molecule is CC.N#COSCCc1ccc(CN2CC2)cc1. The summed E-state index contributed by atoms with van der Waals surface area (Å²) in [4.78, 5) is 2.39. The van der Waals surface area contributed by atoms with Crippen LogP contribution in [0.5, 0.6) is 0 Å². The van der Waals surface area contributed by atoms with Gasteiger partial charge in [-0.2, -0.15) is 0 Å². The summed E-state index contributed by atoms with van der Waals surface area (Å²) in [6, 6.07) is 8.68. The standard InChI is InChI=1S/C12H14N2OS.C2H6/c13-10-15-16-8-5-11-1-3-12(4-2-11)9-14-6-7-14;1-2/h1-4H,5-9H2;1-2H3. The minimum atomic E-state index is 0.818. The molecule has 0 N–H and O–H groups in total. The second-order valence-corrected chi connectivity index (χ2v) is 4.65. The fourth-order valence-electron chi connectivity index (χ4n) is 1.53. The third kappa shape index (κ3) is 5.95. The molecule has 18 heavy (non-hydrogen) atoms. The van der Waals surface area contributed by atoms with Gasteiger partial charge in [0.1, 0.15) is 0 Å². The number of nitrogens with zero attached hydrogens (tertiary/aromatic N) is 2. The maximum atomic E-state index is 8.19. The highest BCUT2D eigenvalue weighted by molar-refractivity contribution is 7.94. The molecule has 0 radical (unpaired) electrons. The molecule has 98 valence electrons. The highest BCUT2D eigenvalue weighted by Gasteiger charge is 2.16. The van der Waals surface area contributed by atoms with Crippen LogP contribution in [-0.2, 0) is 17.1 Å². The van der Waals surface area contributed by atoms with Crippen molar-refractivity contribution in [3.8, 4) is 6.26 Å². The Balaban J connectivity index is 0.000000771. The Morgan fingerprint density at radius 2 is 1.83 bits per heavy atom. The largest absolute Gasteiger partial charge is 0.352 e. The fourth-order valence-corrected chi connectivity index (χ4v) is 1.98. The summed E-state index contributed by atoms with van der Waals surface area (Å²) in [6.45, 7) is 7.56. The average molecular weight is 264 g/mol. The van der Waals surface area contributed by atoms with Crippen LogP contribution in [0.4, 0.5) is 0 Å². The van der Waals surface area contributed by atoms with Crippen LogP contribution < -0.4 is 0 Å².